The van der Waals surface area contributed by atoms with Crippen molar-refractivity contribution < 1.29 is 23.2 Å². The monoisotopic (exact) mass is 310 g/mol. The highest BCUT2D eigenvalue weighted by Crippen LogP contribution is 2.37. The summed E-state index contributed by atoms with van der Waals surface area (Å²) in [5.74, 6) is -0.249. The van der Waals surface area contributed by atoms with E-state index in [-0.39, 0.29) is 24.4 Å². The molecule has 20 heavy (non-hydrogen) atoms. The summed E-state index contributed by atoms with van der Waals surface area (Å²) in [5.41, 5.74) is -0.206. The van der Waals surface area contributed by atoms with Crippen molar-refractivity contribution in [2.75, 3.05) is 19.0 Å². The van der Waals surface area contributed by atoms with Gasteiger partial charge in [0.1, 0.15) is 0 Å². The van der Waals surface area contributed by atoms with Gasteiger partial charge in [-0.3, -0.25) is 4.55 Å². The van der Waals surface area contributed by atoms with E-state index in [1.807, 2.05) is 0 Å². The third-order valence-electron chi connectivity index (χ3n) is 3.95. The highest BCUT2D eigenvalue weighted by Gasteiger charge is 2.28. The molecule has 0 radical (unpaired) electrons. The van der Waals surface area contributed by atoms with Gasteiger partial charge in [-0.05, 0) is 37.5 Å². The fourth-order valence-corrected chi connectivity index (χ4v) is 3.29. The predicted octanol–water partition coefficient (Wildman–Crippen LogP) is 2.38. The van der Waals surface area contributed by atoms with Crippen molar-refractivity contribution in [1.29, 1.82) is 0 Å². The Morgan fingerprint density at radius 1 is 0.850 bits per heavy atom. The van der Waals surface area contributed by atoms with E-state index in [1.54, 1.807) is 0 Å². The minimum atomic E-state index is -3.93. The van der Waals surface area contributed by atoms with Gasteiger partial charge in [0.05, 0.1) is 5.75 Å². The van der Waals surface area contributed by atoms with E-state index in [2.05, 4.69) is 6.92 Å². The van der Waals surface area contributed by atoms with Gasteiger partial charge in [0.15, 0.2) is 0 Å². The maximum atomic E-state index is 10.8. The van der Waals surface area contributed by atoms with E-state index in [0.29, 0.717) is 25.7 Å². The van der Waals surface area contributed by atoms with Crippen molar-refractivity contribution in [3.63, 3.8) is 0 Å². The molecule has 0 fully saturated rings. The molecule has 0 bridgehead atoms. The van der Waals surface area contributed by atoms with Crippen LogP contribution in [0.2, 0.25) is 0 Å². The van der Waals surface area contributed by atoms with Crippen molar-refractivity contribution in [3.8, 4) is 0 Å². The molecule has 0 amide bonds. The molecule has 0 saturated heterocycles. The SMILES string of the molecule is CCCCCCC(CCO)(CCO)CCCS(=O)(=O)O. The van der Waals surface area contributed by atoms with Gasteiger partial charge < -0.3 is 10.2 Å². The van der Waals surface area contributed by atoms with Crippen LogP contribution in [0.3, 0.4) is 0 Å². The summed E-state index contributed by atoms with van der Waals surface area (Å²) >= 11 is 0. The maximum absolute atomic E-state index is 10.8. The first kappa shape index (κ1) is 19.8. The number of hydrogen-bond donors (Lipinski definition) is 3. The van der Waals surface area contributed by atoms with Crippen LogP contribution in [0.1, 0.15) is 64.7 Å². The molecule has 0 heterocycles. The van der Waals surface area contributed by atoms with Crippen molar-refractivity contribution in [1.82, 2.24) is 0 Å². The van der Waals surface area contributed by atoms with Crippen LogP contribution in [0.4, 0.5) is 0 Å². The Hall–Kier alpha value is -0.170. The van der Waals surface area contributed by atoms with Crippen LogP contribution in [0.25, 0.3) is 0 Å². The number of aliphatic hydroxyl groups excluding tert-OH is 2. The van der Waals surface area contributed by atoms with E-state index in [9.17, 15) is 18.6 Å². The van der Waals surface area contributed by atoms with Crippen LogP contribution in [0.5, 0.6) is 0 Å². The molecule has 0 aliphatic carbocycles. The summed E-state index contributed by atoms with van der Waals surface area (Å²) in [6, 6.07) is 0. The molecule has 6 heteroatoms. The second-order valence-corrected chi connectivity index (χ2v) is 7.22. The first-order chi connectivity index (χ1) is 9.39. The molecule has 0 aromatic rings. The normalized spacial score (nSPS) is 12.8. The molecule has 0 atom stereocenters. The van der Waals surface area contributed by atoms with Gasteiger partial charge in [-0.25, -0.2) is 0 Å². The highest BCUT2D eigenvalue weighted by atomic mass is 32.2. The lowest BCUT2D eigenvalue weighted by Gasteiger charge is -2.33. The number of hydrogen-bond acceptors (Lipinski definition) is 4. The van der Waals surface area contributed by atoms with Crippen LogP contribution in [-0.4, -0.2) is 42.2 Å². The first-order valence-electron chi connectivity index (χ1n) is 7.56. The highest BCUT2D eigenvalue weighted by molar-refractivity contribution is 7.85. The van der Waals surface area contributed by atoms with Gasteiger partial charge in [0.2, 0.25) is 0 Å². The zero-order valence-electron chi connectivity index (χ0n) is 12.6. The molecule has 0 aliphatic heterocycles. The molecule has 3 N–H and O–H groups in total. The molecule has 0 unspecified atom stereocenters. The quantitative estimate of drug-likeness (QED) is 0.358. The third-order valence-corrected chi connectivity index (χ3v) is 4.76. The summed E-state index contributed by atoms with van der Waals surface area (Å²) in [6.07, 6.45) is 7.48. The number of aliphatic hydroxyl groups is 2. The minimum Gasteiger partial charge on any atom is -0.396 e. The van der Waals surface area contributed by atoms with E-state index in [0.717, 1.165) is 25.7 Å². The van der Waals surface area contributed by atoms with Crippen LogP contribution >= 0.6 is 0 Å². The number of unbranched alkanes of at least 4 members (excludes halogenated alkanes) is 3. The van der Waals surface area contributed by atoms with Gasteiger partial charge >= 0.3 is 0 Å². The molecule has 0 spiro atoms. The first-order valence-corrected chi connectivity index (χ1v) is 9.17. The van der Waals surface area contributed by atoms with E-state index in [4.69, 9.17) is 4.55 Å². The molecule has 0 aliphatic rings. The Labute approximate surface area is 123 Å². The van der Waals surface area contributed by atoms with Crippen molar-refractivity contribution in [2.45, 2.75) is 64.7 Å². The van der Waals surface area contributed by atoms with Crippen LogP contribution in [-0.2, 0) is 10.1 Å². The maximum Gasteiger partial charge on any atom is 0.264 e. The zero-order chi connectivity index (χ0) is 15.5. The molecule has 5 nitrogen and oxygen atoms in total. The van der Waals surface area contributed by atoms with Gasteiger partial charge in [0.25, 0.3) is 10.1 Å². The Morgan fingerprint density at radius 3 is 1.85 bits per heavy atom. The van der Waals surface area contributed by atoms with Crippen molar-refractivity contribution in [2.24, 2.45) is 5.41 Å². The topological polar surface area (TPSA) is 94.8 Å². The molecule has 0 saturated carbocycles. The van der Waals surface area contributed by atoms with Crippen molar-refractivity contribution in [3.05, 3.63) is 0 Å². The summed E-state index contributed by atoms with van der Waals surface area (Å²) in [5, 5.41) is 18.5. The number of rotatable bonds is 13. The predicted molar refractivity (Wildman–Crippen MR) is 80.2 cm³/mol. The standard InChI is InChI=1S/C14H30O5S/c1-2-3-4-5-7-14(9-11-15,10-12-16)8-6-13-20(17,18)19/h15-16H,2-13H2,1H3,(H,17,18,19). The fourth-order valence-electron chi connectivity index (χ4n) is 2.78. The zero-order valence-corrected chi connectivity index (χ0v) is 13.4. The van der Waals surface area contributed by atoms with Crippen LogP contribution in [0.15, 0.2) is 0 Å². The lowest BCUT2D eigenvalue weighted by Crippen LogP contribution is -2.25. The van der Waals surface area contributed by atoms with Gasteiger partial charge in [0, 0.05) is 13.2 Å². The second kappa shape index (κ2) is 10.5. The Kier molecular flexibility index (Phi) is 10.5. The summed E-state index contributed by atoms with van der Waals surface area (Å²) in [6.45, 7) is 2.22. The molecule has 0 rings (SSSR count). The smallest absolute Gasteiger partial charge is 0.264 e. The lowest BCUT2D eigenvalue weighted by molar-refractivity contribution is 0.110. The molecular formula is C14H30O5S. The lowest BCUT2D eigenvalue weighted by atomic mass is 9.73. The Morgan fingerprint density at radius 2 is 1.40 bits per heavy atom. The largest absolute Gasteiger partial charge is 0.396 e. The summed E-state index contributed by atoms with van der Waals surface area (Å²) in [4.78, 5) is 0. The minimum absolute atomic E-state index is 0.0413. The molecular weight excluding hydrogens is 280 g/mol. The van der Waals surface area contributed by atoms with Crippen LogP contribution in [0, 0.1) is 5.41 Å². The van der Waals surface area contributed by atoms with E-state index < -0.39 is 10.1 Å². The van der Waals surface area contributed by atoms with Gasteiger partial charge in [-0.1, -0.05) is 32.6 Å². The summed E-state index contributed by atoms with van der Waals surface area (Å²) < 4.78 is 30.4. The molecule has 0 aromatic heterocycles. The van der Waals surface area contributed by atoms with Crippen molar-refractivity contribution >= 4 is 10.1 Å². The van der Waals surface area contributed by atoms with Gasteiger partial charge in [-0.2, -0.15) is 8.42 Å². The third kappa shape index (κ3) is 9.69. The average molecular weight is 310 g/mol. The molecule has 122 valence electrons. The Bertz CT molecular complexity index is 320. The summed E-state index contributed by atoms with van der Waals surface area (Å²) in [7, 11) is -3.93. The van der Waals surface area contributed by atoms with Crippen LogP contribution < -0.4 is 0 Å². The molecule has 0 aromatic carbocycles. The van der Waals surface area contributed by atoms with E-state index in [1.165, 1.54) is 6.42 Å². The Balaban J connectivity index is 4.47. The second-order valence-electron chi connectivity index (χ2n) is 5.65. The fraction of sp³-hybridized carbons (Fsp3) is 1.00. The van der Waals surface area contributed by atoms with E-state index >= 15 is 0 Å². The van der Waals surface area contributed by atoms with Gasteiger partial charge in [-0.15, -0.1) is 0 Å². The average Bonchev–Trinajstić information content (AvgIpc) is 2.34.